The molecular weight excluding hydrogens is 239 g/mol. The number of halogens is 1. The highest BCUT2D eigenvalue weighted by atomic mass is 19.1. The van der Waals surface area contributed by atoms with Crippen LogP contribution in [0.3, 0.4) is 0 Å². The molecule has 0 aliphatic carbocycles. The molecule has 0 aromatic heterocycles. The summed E-state index contributed by atoms with van der Waals surface area (Å²) in [5.41, 5.74) is 1.81. The maximum atomic E-state index is 12.7. The van der Waals surface area contributed by atoms with Gasteiger partial charge in [0.2, 0.25) is 0 Å². The summed E-state index contributed by atoms with van der Waals surface area (Å²) in [5.74, 6) is -0.408. The van der Waals surface area contributed by atoms with Crippen molar-refractivity contribution in [2.45, 2.75) is 12.8 Å². The number of benzene rings is 2. The van der Waals surface area contributed by atoms with Gasteiger partial charge in [0.25, 0.3) is 0 Å². The van der Waals surface area contributed by atoms with Crippen molar-refractivity contribution < 1.29 is 9.18 Å². The Morgan fingerprint density at radius 2 is 1.68 bits per heavy atom. The van der Waals surface area contributed by atoms with Crippen LogP contribution < -0.4 is 0 Å². The van der Waals surface area contributed by atoms with E-state index in [2.05, 4.69) is 0 Å². The van der Waals surface area contributed by atoms with E-state index < -0.39 is 0 Å². The summed E-state index contributed by atoms with van der Waals surface area (Å²) in [5, 5.41) is 0. The molecule has 0 fully saturated rings. The SMILES string of the molecule is CC(C(=O)/C=C/c1ccc(F)cc1)c1ccccc1. The molecule has 2 aromatic rings. The van der Waals surface area contributed by atoms with Crippen molar-refractivity contribution in [1.82, 2.24) is 0 Å². The fourth-order valence-corrected chi connectivity index (χ4v) is 1.80. The highest BCUT2D eigenvalue weighted by molar-refractivity contribution is 5.98. The smallest absolute Gasteiger partial charge is 0.162 e. The first-order chi connectivity index (χ1) is 9.16. The molecule has 0 aliphatic rings. The second kappa shape index (κ2) is 6.10. The molecule has 2 heteroatoms. The zero-order valence-corrected chi connectivity index (χ0v) is 10.7. The van der Waals surface area contributed by atoms with Crippen LogP contribution in [-0.4, -0.2) is 5.78 Å². The predicted molar refractivity (Wildman–Crippen MR) is 75.3 cm³/mol. The molecule has 1 unspecified atom stereocenters. The van der Waals surface area contributed by atoms with E-state index in [1.807, 2.05) is 37.3 Å². The molecule has 0 N–H and O–H groups in total. The second-order valence-corrected chi connectivity index (χ2v) is 4.42. The number of carbonyl (C=O) groups is 1. The monoisotopic (exact) mass is 254 g/mol. The molecule has 1 atom stereocenters. The van der Waals surface area contributed by atoms with Crippen LogP contribution in [0.5, 0.6) is 0 Å². The van der Waals surface area contributed by atoms with Gasteiger partial charge in [0.05, 0.1) is 0 Å². The van der Waals surface area contributed by atoms with Gasteiger partial charge in [0.15, 0.2) is 5.78 Å². The Morgan fingerprint density at radius 3 is 2.32 bits per heavy atom. The fourth-order valence-electron chi connectivity index (χ4n) is 1.80. The maximum absolute atomic E-state index is 12.7. The van der Waals surface area contributed by atoms with E-state index in [1.165, 1.54) is 12.1 Å². The molecule has 96 valence electrons. The first kappa shape index (κ1) is 13.2. The van der Waals surface area contributed by atoms with Crippen LogP contribution in [-0.2, 0) is 4.79 Å². The lowest BCUT2D eigenvalue weighted by atomic mass is 9.96. The number of rotatable bonds is 4. The van der Waals surface area contributed by atoms with Crippen molar-refractivity contribution in [2.75, 3.05) is 0 Å². The lowest BCUT2D eigenvalue weighted by molar-refractivity contribution is -0.115. The van der Waals surface area contributed by atoms with Gasteiger partial charge < -0.3 is 0 Å². The molecule has 2 aromatic carbocycles. The highest BCUT2D eigenvalue weighted by Crippen LogP contribution is 2.16. The minimum absolute atomic E-state index is 0.0375. The van der Waals surface area contributed by atoms with Crippen LogP contribution in [0, 0.1) is 5.82 Å². The maximum Gasteiger partial charge on any atom is 0.162 e. The largest absolute Gasteiger partial charge is 0.294 e. The van der Waals surface area contributed by atoms with Gasteiger partial charge >= 0.3 is 0 Å². The topological polar surface area (TPSA) is 17.1 Å². The van der Waals surface area contributed by atoms with E-state index in [1.54, 1.807) is 24.3 Å². The second-order valence-electron chi connectivity index (χ2n) is 4.42. The fraction of sp³-hybridized carbons (Fsp3) is 0.118. The third-order valence-corrected chi connectivity index (χ3v) is 3.04. The molecule has 0 bridgehead atoms. The quantitative estimate of drug-likeness (QED) is 0.747. The summed E-state index contributed by atoms with van der Waals surface area (Å²) in [4.78, 5) is 12.0. The molecule has 0 saturated heterocycles. The Morgan fingerprint density at radius 1 is 1.05 bits per heavy atom. The van der Waals surface area contributed by atoms with E-state index in [-0.39, 0.29) is 17.5 Å². The minimum Gasteiger partial charge on any atom is -0.294 e. The van der Waals surface area contributed by atoms with Crippen LogP contribution >= 0.6 is 0 Å². The molecule has 0 radical (unpaired) electrons. The first-order valence-corrected chi connectivity index (χ1v) is 6.19. The average Bonchev–Trinajstić information content (AvgIpc) is 2.46. The van der Waals surface area contributed by atoms with Crippen molar-refractivity contribution in [3.63, 3.8) is 0 Å². The van der Waals surface area contributed by atoms with Gasteiger partial charge in [-0.2, -0.15) is 0 Å². The van der Waals surface area contributed by atoms with Crippen molar-refractivity contribution in [3.8, 4) is 0 Å². The van der Waals surface area contributed by atoms with Crippen LogP contribution in [0.25, 0.3) is 6.08 Å². The van der Waals surface area contributed by atoms with E-state index in [0.29, 0.717) is 0 Å². The average molecular weight is 254 g/mol. The number of hydrogen-bond acceptors (Lipinski definition) is 1. The molecule has 19 heavy (non-hydrogen) atoms. The Labute approximate surface area is 112 Å². The van der Waals surface area contributed by atoms with E-state index >= 15 is 0 Å². The molecule has 1 nitrogen and oxygen atoms in total. The lowest BCUT2D eigenvalue weighted by Crippen LogP contribution is -2.05. The molecule has 0 spiro atoms. The molecule has 0 saturated carbocycles. The number of hydrogen-bond donors (Lipinski definition) is 0. The van der Waals surface area contributed by atoms with Gasteiger partial charge in [-0.3, -0.25) is 4.79 Å². The van der Waals surface area contributed by atoms with E-state index in [9.17, 15) is 9.18 Å². The summed E-state index contributed by atoms with van der Waals surface area (Å²) < 4.78 is 12.7. The summed E-state index contributed by atoms with van der Waals surface area (Å²) in [6.45, 7) is 1.88. The molecular formula is C17H15FO. The van der Waals surface area contributed by atoms with Gasteiger partial charge in [-0.15, -0.1) is 0 Å². The highest BCUT2D eigenvalue weighted by Gasteiger charge is 2.11. The number of carbonyl (C=O) groups excluding carboxylic acids is 1. The van der Waals surface area contributed by atoms with Crippen molar-refractivity contribution >= 4 is 11.9 Å². The molecule has 0 amide bonds. The van der Waals surface area contributed by atoms with Gasteiger partial charge in [-0.1, -0.05) is 55.5 Å². The van der Waals surface area contributed by atoms with Crippen LogP contribution in [0.2, 0.25) is 0 Å². The van der Waals surface area contributed by atoms with E-state index in [0.717, 1.165) is 11.1 Å². The molecule has 2 rings (SSSR count). The summed E-state index contributed by atoms with van der Waals surface area (Å²) >= 11 is 0. The first-order valence-electron chi connectivity index (χ1n) is 6.19. The summed E-state index contributed by atoms with van der Waals surface area (Å²) in [6.07, 6.45) is 3.26. The standard InChI is InChI=1S/C17H15FO/c1-13(15-5-3-2-4-6-15)17(19)12-9-14-7-10-16(18)11-8-14/h2-13H,1H3/b12-9+. The predicted octanol–water partition coefficient (Wildman–Crippen LogP) is 4.21. The van der Waals surface area contributed by atoms with Crippen LogP contribution in [0.15, 0.2) is 60.7 Å². The molecule has 0 aliphatic heterocycles. The Bertz CT molecular complexity index is 570. The third kappa shape index (κ3) is 3.62. The van der Waals surface area contributed by atoms with Gasteiger partial charge in [0.1, 0.15) is 5.82 Å². The number of allylic oxidation sites excluding steroid dienone is 1. The number of ketones is 1. The normalized spacial score (nSPS) is 12.5. The van der Waals surface area contributed by atoms with Crippen molar-refractivity contribution in [2.24, 2.45) is 0 Å². The van der Waals surface area contributed by atoms with Crippen molar-refractivity contribution in [3.05, 3.63) is 77.6 Å². The lowest BCUT2D eigenvalue weighted by Gasteiger charge is -2.07. The van der Waals surface area contributed by atoms with Crippen LogP contribution in [0.1, 0.15) is 24.0 Å². The minimum atomic E-state index is -0.277. The van der Waals surface area contributed by atoms with E-state index in [4.69, 9.17) is 0 Å². The van der Waals surface area contributed by atoms with Crippen LogP contribution in [0.4, 0.5) is 4.39 Å². The Kier molecular flexibility index (Phi) is 4.24. The van der Waals surface area contributed by atoms with Gasteiger partial charge in [-0.05, 0) is 29.3 Å². The Hall–Kier alpha value is -2.22. The zero-order chi connectivity index (χ0) is 13.7. The Balaban J connectivity index is 2.07. The van der Waals surface area contributed by atoms with Gasteiger partial charge in [-0.25, -0.2) is 4.39 Å². The summed E-state index contributed by atoms with van der Waals surface area (Å²) in [7, 11) is 0. The van der Waals surface area contributed by atoms with Gasteiger partial charge in [0, 0.05) is 5.92 Å². The zero-order valence-electron chi connectivity index (χ0n) is 10.7. The summed E-state index contributed by atoms with van der Waals surface area (Å²) in [6, 6.07) is 15.7. The van der Waals surface area contributed by atoms with Crippen molar-refractivity contribution in [1.29, 1.82) is 0 Å². The molecule has 0 heterocycles. The third-order valence-electron chi connectivity index (χ3n) is 3.04.